The molecule has 0 spiro atoms. The summed E-state index contributed by atoms with van der Waals surface area (Å²) in [6.45, 7) is 1.97. The molecule has 0 aromatic heterocycles. The summed E-state index contributed by atoms with van der Waals surface area (Å²) in [5.41, 5.74) is 2.56. The number of ether oxygens (including phenoxy) is 2. The first kappa shape index (κ1) is 17.4. The van der Waals surface area contributed by atoms with Crippen molar-refractivity contribution in [3.63, 3.8) is 0 Å². The van der Waals surface area contributed by atoms with Crippen LogP contribution in [-0.2, 0) is 11.2 Å². The van der Waals surface area contributed by atoms with E-state index in [1.54, 1.807) is 32.4 Å². The van der Waals surface area contributed by atoms with Crippen molar-refractivity contribution in [2.75, 3.05) is 19.5 Å². The number of nitrogens with one attached hydrogen (secondary N) is 1. The first-order valence-electron chi connectivity index (χ1n) is 7.55. The Hall–Kier alpha value is -3.00. The van der Waals surface area contributed by atoms with E-state index in [9.17, 15) is 10.1 Å². The fourth-order valence-electron chi connectivity index (χ4n) is 2.30. The zero-order valence-corrected chi connectivity index (χ0v) is 14.0. The molecule has 5 nitrogen and oxygen atoms in total. The molecule has 0 bridgehead atoms. The van der Waals surface area contributed by atoms with Gasteiger partial charge < -0.3 is 14.8 Å². The molecule has 1 amide bonds. The lowest BCUT2D eigenvalue weighted by Crippen LogP contribution is -2.23. The van der Waals surface area contributed by atoms with E-state index < -0.39 is 5.92 Å². The number of methoxy groups -OCH3 is 2. The standard InChI is InChI=1S/C19H20N2O3/c1-13-4-7-16(8-5-13)21-19(22)15(12-20)10-14-6-9-17(23-2)11-18(14)24-3/h4-9,11,15H,10H2,1-3H3,(H,21,22)/t15-/m0/s1. The van der Waals surface area contributed by atoms with Crippen LogP contribution in [-0.4, -0.2) is 20.1 Å². The summed E-state index contributed by atoms with van der Waals surface area (Å²) in [5.74, 6) is 0.110. The number of hydrogen-bond acceptors (Lipinski definition) is 4. The van der Waals surface area contributed by atoms with Crippen molar-refractivity contribution in [1.29, 1.82) is 5.26 Å². The van der Waals surface area contributed by atoms with E-state index in [4.69, 9.17) is 9.47 Å². The first-order valence-corrected chi connectivity index (χ1v) is 7.55. The minimum atomic E-state index is -0.811. The highest BCUT2D eigenvalue weighted by Gasteiger charge is 2.20. The lowest BCUT2D eigenvalue weighted by atomic mass is 9.98. The average molecular weight is 324 g/mol. The van der Waals surface area contributed by atoms with Gasteiger partial charge in [0.1, 0.15) is 17.4 Å². The largest absolute Gasteiger partial charge is 0.497 e. The summed E-state index contributed by atoms with van der Waals surface area (Å²) in [4.78, 5) is 12.4. The summed E-state index contributed by atoms with van der Waals surface area (Å²) < 4.78 is 10.5. The van der Waals surface area contributed by atoms with Gasteiger partial charge in [0.05, 0.1) is 20.3 Å². The Balaban J connectivity index is 2.12. The van der Waals surface area contributed by atoms with Crippen LogP contribution in [0.2, 0.25) is 0 Å². The molecule has 0 heterocycles. The third-order valence-corrected chi connectivity index (χ3v) is 3.71. The number of aryl methyl sites for hydroxylation is 1. The van der Waals surface area contributed by atoms with Crippen molar-refractivity contribution in [3.8, 4) is 17.6 Å². The summed E-state index contributed by atoms with van der Waals surface area (Å²) >= 11 is 0. The van der Waals surface area contributed by atoms with Crippen molar-refractivity contribution >= 4 is 11.6 Å². The zero-order valence-electron chi connectivity index (χ0n) is 14.0. The van der Waals surface area contributed by atoms with E-state index in [1.807, 2.05) is 31.2 Å². The van der Waals surface area contributed by atoms with Crippen LogP contribution in [0.15, 0.2) is 42.5 Å². The summed E-state index contributed by atoms with van der Waals surface area (Å²) in [6.07, 6.45) is 0.265. The van der Waals surface area contributed by atoms with Crippen molar-refractivity contribution in [1.82, 2.24) is 0 Å². The van der Waals surface area contributed by atoms with Gasteiger partial charge in [-0.2, -0.15) is 5.26 Å². The first-order chi connectivity index (χ1) is 11.6. The van der Waals surface area contributed by atoms with E-state index in [-0.39, 0.29) is 12.3 Å². The maximum absolute atomic E-state index is 12.4. The minimum Gasteiger partial charge on any atom is -0.497 e. The van der Waals surface area contributed by atoms with Gasteiger partial charge in [-0.3, -0.25) is 4.79 Å². The molecule has 0 aliphatic heterocycles. The number of amides is 1. The van der Waals surface area contributed by atoms with Gasteiger partial charge in [-0.25, -0.2) is 0 Å². The molecule has 0 unspecified atom stereocenters. The second kappa shape index (κ2) is 8.02. The van der Waals surface area contributed by atoms with Crippen LogP contribution >= 0.6 is 0 Å². The predicted molar refractivity (Wildman–Crippen MR) is 92.2 cm³/mol. The number of hydrogen-bond donors (Lipinski definition) is 1. The Bertz CT molecular complexity index is 748. The lowest BCUT2D eigenvalue weighted by Gasteiger charge is -2.14. The Morgan fingerprint density at radius 2 is 1.88 bits per heavy atom. The maximum Gasteiger partial charge on any atom is 0.242 e. The van der Waals surface area contributed by atoms with Gasteiger partial charge in [0, 0.05) is 18.2 Å². The highest BCUT2D eigenvalue weighted by Crippen LogP contribution is 2.27. The van der Waals surface area contributed by atoms with Gasteiger partial charge >= 0.3 is 0 Å². The van der Waals surface area contributed by atoms with Crippen LogP contribution in [0.5, 0.6) is 11.5 Å². The Kier molecular flexibility index (Phi) is 5.80. The van der Waals surface area contributed by atoms with Crippen LogP contribution in [0.1, 0.15) is 11.1 Å². The van der Waals surface area contributed by atoms with Gasteiger partial charge in [-0.05, 0) is 30.7 Å². The van der Waals surface area contributed by atoms with Gasteiger partial charge in [0.2, 0.25) is 5.91 Å². The number of carbonyl (C=O) groups excluding carboxylic acids is 1. The average Bonchev–Trinajstić information content (AvgIpc) is 2.61. The van der Waals surface area contributed by atoms with Crippen LogP contribution in [0, 0.1) is 24.2 Å². The fourth-order valence-corrected chi connectivity index (χ4v) is 2.30. The highest BCUT2D eigenvalue weighted by atomic mass is 16.5. The third-order valence-electron chi connectivity index (χ3n) is 3.71. The second-order valence-electron chi connectivity index (χ2n) is 5.42. The molecular weight excluding hydrogens is 304 g/mol. The van der Waals surface area contributed by atoms with Crippen molar-refractivity contribution in [3.05, 3.63) is 53.6 Å². The lowest BCUT2D eigenvalue weighted by molar-refractivity contribution is -0.118. The van der Waals surface area contributed by atoms with Crippen LogP contribution in [0.4, 0.5) is 5.69 Å². The zero-order chi connectivity index (χ0) is 17.5. The third kappa shape index (κ3) is 4.26. The Labute approximate surface area is 141 Å². The second-order valence-corrected chi connectivity index (χ2v) is 5.42. The Morgan fingerprint density at radius 3 is 2.46 bits per heavy atom. The van der Waals surface area contributed by atoms with Crippen LogP contribution < -0.4 is 14.8 Å². The molecule has 2 aromatic carbocycles. The van der Waals surface area contributed by atoms with Crippen molar-refractivity contribution < 1.29 is 14.3 Å². The van der Waals surface area contributed by atoms with Crippen LogP contribution in [0.3, 0.4) is 0 Å². The van der Waals surface area contributed by atoms with Crippen molar-refractivity contribution in [2.24, 2.45) is 5.92 Å². The molecule has 0 saturated heterocycles. The molecule has 124 valence electrons. The van der Waals surface area contributed by atoms with Crippen molar-refractivity contribution in [2.45, 2.75) is 13.3 Å². The highest BCUT2D eigenvalue weighted by molar-refractivity contribution is 5.94. The molecule has 0 aliphatic rings. The number of benzene rings is 2. The molecule has 0 radical (unpaired) electrons. The monoisotopic (exact) mass is 324 g/mol. The summed E-state index contributed by atoms with van der Waals surface area (Å²) in [5, 5.41) is 12.1. The van der Waals surface area contributed by atoms with E-state index in [2.05, 4.69) is 11.4 Å². The summed E-state index contributed by atoms with van der Waals surface area (Å²) in [7, 11) is 3.12. The van der Waals surface area contributed by atoms with Gasteiger partial charge in [0.15, 0.2) is 0 Å². The minimum absolute atomic E-state index is 0.265. The van der Waals surface area contributed by atoms with Crippen LogP contribution in [0.25, 0.3) is 0 Å². The van der Waals surface area contributed by atoms with E-state index in [0.29, 0.717) is 17.2 Å². The number of nitriles is 1. The fraction of sp³-hybridized carbons (Fsp3) is 0.263. The SMILES string of the molecule is COc1ccc(C[C@@H](C#N)C(=O)Nc2ccc(C)cc2)c(OC)c1. The quantitative estimate of drug-likeness (QED) is 0.884. The van der Waals surface area contributed by atoms with E-state index in [0.717, 1.165) is 11.1 Å². The molecule has 0 aliphatic carbocycles. The molecule has 2 rings (SSSR count). The molecule has 0 saturated carbocycles. The molecule has 5 heteroatoms. The predicted octanol–water partition coefficient (Wildman–Crippen LogP) is 3.33. The molecule has 24 heavy (non-hydrogen) atoms. The number of carbonyl (C=O) groups is 1. The topological polar surface area (TPSA) is 71.3 Å². The van der Waals surface area contributed by atoms with Gasteiger partial charge in [-0.15, -0.1) is 0 Å². The maximum atomic E-state index is 12.4. The number of anilines is 1. The molecule has 0 fully saturated rings. The molecule has 1 atom stereocenters. The van der Waals surface area contributed by atoms with Gasteiger partial charge in [-0.1, -0.05) is 23.8 Å². The van der Waals surface area contributed by atoms with E-state index >= 15 is 0 Å². The number of nitrogens with zero attached hydrogens (tertiary/aromatic N) is 1. The molecular formula is C19H20N2O3. The normalized spacial score (nSPS) is 11.2. The smallest absolute Gasteiger partial charge is 0.242 e. The van der Waals surface area contributed by atoms with Gasteiger partial charge in [0.25, 0.3) is 0 Å². The summed E-state index contributed by atoms with van der Waals surface area (Å²) in [6, 6.07) is 14.8. The van der Waals surface area contributed by atoms with E-state index in [1.165, 1.54) is 0 Å². The number of rotatable bonds is 6. The Morgan fingerprint density at radius 1 is 1.17 bits per heavy atom. The molecule has 1 N–H and O–H groups in total. The molecule has 2 aromatic rings.